The molecule has 2 heterocycles. The highest BCUT2D eigenvalue weighted by Crippen LogP contribution is 2.23. The van der Waals surface area contributed by atoms with Gasteiger partial charge < -0.3 is 16.8 Å². The SMILES string of the molecule is NCC1CCCCN1CC(=O)Nc1sccc1C(N)=O. The number of hydrogen-bond acceptors (Lipinski definition) is 5. The third kappa shape index (κ3) is 3.56. The van der Waals surface area contributed by atoms with Crippen molar-refractivity contribution < 1.29 is 9.59 Å². The fourth-order valence-corrected chi connectivity index (χ4v) is 3.29. The Hall–Kier alpha value is -1.44. The van der Waals surface area contributed by atoms with Crippen LogP contribution in [0.15, 0.2) is 11.4 Å². The third-order valence-electron chi connectivity index (χ3n) is 3.55. The van der Waals surface area contributed by atoms with E-state index in [4.69, 9.17) is 11.5 Å². The van der Waals surface area contributed by atoms with E-state index in [0.717, 1.165) is 25.8 Å². The Morgan fingerprint density at radius 1 is 1.45 bits per heavy atom. The molecule has 1 fully saturated rings. The lowest BCUT2D eigenvalue weighted by molar-refractivity contribution is -0.118. The summed E-state index contributed by atoms with van der Waals surface area (Å²) in [5.74, 6) is -0.658. The molecule has 1 aliphatic heterocycles. The monoisotopic (exact) mass is 296 g/mol. The van der Waals surface area contributed by atoms with E-state index in [2.05, 4.69) is 10.2 Å². The van der Waals surface area contributed by atoms with Crippen LogP contribution in [0, 0.1) is 0 Å². The lowest BCUT2D eigenvalue weighted by atomic mass is 10.0. The van der Waals surface area contributed by atoms with E-state index in [0.29, 0.717) is 23.7 Å². The molecule has 1 aliphatic rings. The van der Waals surface area contributed by atoms with Gasteiger partial charge >= 0.3 is 0 Å². The Morgan fingerprint density at radius 2 is 2.25 bits per heavy atom. The number of rotatable bonds is 5. The molecular formula is C13H20N4O2S. The fraction of sp³-hybridized carbons (Fsp3) is 0.538. The van der Waals surface area contributed by atoms with E-state index >= 15 is 0 Å². The second-order valence-electron chi connectivity index (χ2n) is 4.93. The maximum Gasteiger partial charge on any atom is 0.251 e. The second-order valence-corrected chi connectivity index (χ2v) is 5.85. The first-order chi connectivity index (χ1) is 9.61. The van der Waals surface area contributed by atoms with Crippen molar-refractivity contribution in [1.29, 1.82) is 0 Å². The lowest BCUT2D eigenvalue weighted by Crippen LogP contribution is -2.47. The number of carbonyl (C=O) groups is 2. The quantitative estimate of drug-likeness (QED) is 0.740. The first-order valence-corrected chi connectivity index (χ1v) is 7.61. The van der Waals surface area contributed by atoms with Crippen LogP contribution in [0.25, 0.3) is 0 Å². The van der Waals surface area contributed by atoms with Gasteiger partial charge in [-0.15, -0.1) is 11.3 Å². The van der Waals surface area contributed by atoms with Crippen LogP contribution in [0.4, 0.5) is 5.00 Å². The van der Waals surface area contributed by atoms with Crippen molar-refractivity contribution in [3.63, 3.8) is 0 Å². The van der Waals surface area contributed by atoms with E-state index in [1.54, 1.807) is 11.4 Å². The zero-order valence-electron chi connectivity index (χ0n) is 11.3. The molecular weight excluding hydrogens is 276 g/mol. The number of hydrogen-bond donors (Lipinski definition) is 3. The van der Waals surface area contributed by atoms with Gasteiger partial charge in [-0.2, -0.15) is 0 Å². The minimum Gasteiger partial charge on any atom is -0.366 e. The number of nitrogens with zero attached hydrogens (tertiary/aromatic N) is 1. The van der Waals surface area contributed by atoms with E-state index in [-0.39, 0.29) is 11.9 Å². The van der Waals surface area contributed by atoms with Crippen LogP contribution in [-0.2, 0) is 4.79 Å². The topological polar surface area (TPSA) is 101 Å². The molecule has 0 spiro atoms. The summed E-state index contributed by atoms with van der Waals surface area (Å²) in [6, 6.07) is 1.89. The Morgan fingerprint density at radius 3 is 2.95 bits per heavy atom. The number of carbonyl (C=O) groups excluding carboxylic acids is 2. The van der Waals surface area contributed by atoms with Gasteiger partial charge in [0.1, 0.15) is 5.00 Å². The highest BCUT2D eigenvalue weighted by Gasteiger charge is 2.23. The van der Waals surface area contributed by atoms with Gasteiger partial charge in [0.2, 0.25) is 5.91 Å². The smallest absolute Gasteiger partial charge is 0.251 e. The average Bonchev–Trinajstić information content (AvgIpc) is 2.87. The molecule has 0 bridgehead atoms. The number of anilines is 1. The predicted octanol–water partition coefficient (Wildman–Crippen LogP) is 0.599. The van der Waals surface area contributed by atoms with Crippen molar-refractivity contribution in [3.05, 3.63) is 17.0 Å². The fourth-order valence-electron chi connectivity index (χ4n) is 2.49. The molecule has 2 rings (SSSR count). The Labute approximate surface area is 122 Å². The standard InChI is InChI=1S/C13H20N4O2S/c14-7-9-3-1-2-5-17(9)8-11(18)16-13-10(12(15)19)4-6-20-13/h4,6,9H,1-3,5,7-8,14H2,(H2,15,19)(H,16,18). The van der Waals surface area contributed by atoms with Gasteiger partial charge in [0.15, 0.2) is 0 Å². The molecule has 6 nitrogen and oxygen atoms in total. The predicted molar refractivity (Wildman–Crippen MR) is 79.7 cm³/mol. The van der Waals surface area contributed by atoms with Crippen molar-refractivity contribution >= 4 is 28.2 Å². The molecule has 20 heavy (non-hydrogen) atoms. The van der Waals surface area contributed by atoms with Crippen LogP contribution in [0.1, 0.15) is 29.6 Å². The molecule has 1 aromatic heterocycles. The van der Waals surface area contributed by atoms with Crippen LogP contribution in [-0.4, -0.2) is 42.4 Å². The summed E-state index contributed by atoms with van der Waals surface area (Å²) in [4.78, 5) is 25.4. The number of amides is 2. The molecule has 0 radical (unpaired) electrons. The Kier molecular flexibility index (Phi) is 5.11. The molecule has 1 saturated heterocycles. The van der Waals surface area contributed by atoms with Crippen LogP contribution in [0.5, 0.6) is 0 Å². The van der Waals surface area contributed by atoms with Crippen molar-refractivity contribution in [2.45, 2.75) is 25.3 Å². The Bertz CT molecular complexity index is 488. The number of nitrogens with two attached hydrogens (primary N) is 2. The highest BCUT2D eigenvalue weighted by atomic mass is 32.1. The van der Waals surface area contributed by atoms with E-state index < -0.39 is 5.91 Å². The molecule has 1 aromatic rings. The van der Waals surface area contributed by atoms with E-state index in [9.17, 15) is 9.59 Å². The molecule has 1 unspecified atom stereocenters. The summed E-state index contributed by atoms with van der Waals surface area (Å²) >= 11 is 1.30. The third-order valence-corrected chi connectivity index (χ3v) is 4.38. The van der Waals surface area contributed by atoms with Crippen LogP contribution >= 0.6 is 11.3 Å². The Balaban J connectivity index is 1.94. The van der Waals surface area contributed by atoms with Crippen molar-refractivity contribution in [3.8, 4) is 0 Å². The van der Waals surface area contributed by atoms with Gasteiger partial charge in [-0.3, -0.25) is 14.5 Å². The first-order valence-electron chi connectivity index (χ1n) is 6.73. The number of piperidine rings is 1. The molecule has 2 amide bonds. The molecule has 1 atom stereocenters. The van der Waals surface area contributed by atoms with Gasteiger partial charge in [-0.05, 0) is 30.8 Å². The average molecular weight is 296 g/mol. The highest BCUT2D eigenvalue weighted by molar-refractivity contribution is 7.14. The zero-order chi connectivity index (χ0) is 14.5. The lowest BCUT2D eigenvalue weighted by Gasteiger charge is -2.34. The van der Waals surface area contributed by atoms with E-state index in [1.807, 2.05) is 0 Å². The number of primary amides is 1. The van der Waals surface area contributed by atoms with E-state index in [1.165, 1.54) is 11.3 Å². The molecule has 110 valence electrons. The van der Waals surface area contributed by atoms with Gasteiger partial charge in [-0.25, -0.2) is 0 Å². The first kappa shape index (κ1) is 15.0. The van der Waals surface area contributed by atoms with Gasteiger partial charge in [-0.1, -0.05) is 6.42 Å². The second kappa shape index (κ2) is 6.83. The molecule has 0 aromatic carbocycles. The minimum absolute atomic E-state index is 0.129. The largest absolute Gasteiger partial charge is 0.366 e. The maximum atomic E-state index is 12.1. The number of nitrogens with one attached hydrogen (secondary N) is 1. The summed E-state index contributed by atoms with van der Waals surface area (Å²) < 4.78 is 0. The summed E-state index contributed by atoms with van der Waals surface area (Å²) in [6.45, 7) is 1.76. The van der Waals surface area contributed by atoms with Crippen LogP contribution in [0.2, 0.25) is 0 Å². The van der Waals surface area contributed by atoms with Crippen molar-refractivity contribution in [2.24, 2.45) is 11.5 Å². The molecule has 0 aliphatic carbocycles. The minimum atomic E-state index is -0.528. The van der Waals surface area contributed by atoms with Gasteiger partial charge in [0.25, 0.3) is 5.91 Å². The summed E-state index contributed by atoms with van der Waals surface area (Å²) in [7, 11) is 0. The summed E-state index contributed by atoms with van der Waals surface area (Å²) in [6.07, 6.45) is 3.29. The number of thiophene rings is 1. The van der Waals surface area contributed by atoms with Crippen molar-refractivity contribution in [2.75, 3.05) is 25.0 Å². The summed E-state index contributed by atoms with van der Waals surface area (Å²) in [5.41, 5.74) is 11.3. The van der Waals surface area contributed by atoms with Crippen LogP contribution in [0.3, 0.4) is 0 Å². The molecule has 7 heteroatoms. The molecule has 5 N–H and O–H groups in total. The maximum absolute atomic E-state index is 12.1. The normalized spacial score (nSPS) is 19.8. The summed E-state index contributed by atoms with van der Waals surface area (Å²) in [5, 5.41) is 5.01. The van der Waals surface area contributed by atoms with Crippen molar-refractivity contribution in [1.82, 2.24) is 4.90 Å². The van der Waals surface area contributed by atoms with Gasteiger partial charge in [0.05, 0.1) is 12.1 Å². The van der Waals surface area contributed by atoms with Gasteiger partial charge in [0, 0.05) is 12.6 Å². The zero-order valence-corrected chi connectivity index (χ0v) is 12.1. The molecule has 0 saturated carbocycles. The van der Waals surface area contributed by atoms with Crippen LogP contribution < -0.4 is 16.8 Å². The number of likely N-dealkylation sites (tertiary alicyclic amines) is 1.